The van der Waals surface area contributed by atoms with E-state index in [0.29, 0.717) is 0 Å². The van der Waals surface area contributed by atoms with Crippen LogP contribution in [0.3, 0.4) is 0 Å². The van der Waals surface area contributed by atoms with E-state index in [4.69, 9.17) is 0 Å². The molecular formula is C7H17N+. The zero-order chi connectivity index (χ0) is 6.62. The van der Waals surface area contributed by atoms with Gasteiger partial charge in [-0.1, -0.05) is 0 Å². The molecule has 0 fully saturated rings. The second-order valence-corrected chi connectivity index (χ2v) is 2.29. The van der Waals surface area contributed by atoms with Gasteiger partial charge in [-0.25, -0.2) is 0 Å². The maximum Gasteiger partial charge on any atom is 0.128 e. The Kier molecular flexibility index (Phi) is 3.06. The molecule has 1 heteroatoms. The molecule has 0 rings (SSSR count). The zero-order valence-electron chi connectivity index (χ0n) is 6.28. The smallest absolute Gasteiger partial charge is 0.128 e. The fraction of sp³-hybridized carbons (Fsp3) is 0.857. The lowest BCUT2D eigenvalue weighted by atomic mass is 10.4. The summed E-state index contributed by atoms with van der Waals surface area (Å²) in [4.78, 5) is 0. The van der Waals surface area contributed by atoms with E-state index in [1.807, 2.05) is 0 Å². The maximum absolute atomic E-state index is 4.06. The summed E-state index contributed by atoms with van der Waals surface area (Å²) < 4.78 is 0.958. The van der Waals surface area contributed by atoms with E-state index in [1.165, 1.54) is 0 Å². The molecule has 0 unspecified atom stereocenters. The van der Waals surface area contributed by atoms with Crippen LogP contribution in [0, 0.1) is 7.05 Å². The number of hydrogen-bond acceptors (Lipinski definition) is 0. The third-order valence-electron chi connectivity index (χ3n) is 2.01. The molecule has 0 aliphatic heterocycles. The minimum Gasteiger partial charge on any atom is -0.320 e. The Balaban J connectivity index is 3.58. The van der Waals surface area contributed by atoms with Gasteiger partial charge in [0.25, 0.3) is 0 Å². The topological polar surface area (TPSA) is 0 Å². The van der Waals surface area contributed by atoms with Crippen LogP contribution in [0.1, 0.15) is 20.8 Å². The van der Waals surface area contributed by atoms with Crippen molar-refractivity contribution in [2.75, 3.05) is 19.6 Å². The van der Waals surface area contributed by atoms with Crippen molar-refractivity contribution >= 4 is 0 Å². The number of quaternary nitrogens is 1. The van der Waals surface area contributed by atoms with Crippen LogP contribution in [0.4, 0.5) is 0 Å². The van der Waals surface area contributed by atoms with Gasteiger partial charge in [0.2, 0.25) is 0 Å². The Bertz CT molecular complexity index is 47.1. The molecule has 0 bridgehead atoms. The van der Waals surface area contributed by atoms with Gasteiger partial charge in [-0.2, -0.15) is 0 Å². The second kappa shape index (κ2) is 3.08. The van der Waals surface area contributed by atoms with Crippen LogP contribution in [0.25, 0.3) is 0 Å². The quantitative estimate of drug-likeness (QED) is 0.491. The summed E-state index contributed by atoms with van der Waals surface area (Å²) in [5.41, 5.74) is 0. The van der Waals surface area contributed by atoms with Gasteiger partial charge in [0.1, 0.15) is 7.05 Å². The third-order valence-corrected chi connectivity index (χ3v) is 2.01. The minimum atomic E-state index is 0.958. The average molecular weight is 115 g/mol. The predicted molar refractivity (Wildman–Crippen MR) is 37.2 cm³/mol. The van der Waals surface area contributed by atoms with E-state index in [0.717, 1.165) is 24.1 Å². The Morgan fingerprint density at radius 1 is 1.00 bits per heavy atom. The summed E-state index contributed by atoms with van der Waals surface area (Å²) in [5, 5.41) is 0. The highest BCUT2D eigenvalue weighted by Gasteiger charge is 2.11. The molecule has 0 amide bonds. The highest BCUT2D eigenvalue weighted by Crippen LogP contribution is 2.00. The molecule has 0 aromatic heterocycles. The highest BCUT2D eigenvalue weighted by atomic mass is 15.3. The van der Waals surface area contributed by atoms with E-state index >= 15 is 0 Å². The Morgan fingerprint density at radius 3 is 1.25 bits per heavy atom. The van der Waals surface area contributed by atoms with Crippen LogP contribution in [0.15, 0.2) is 0 Å². The SMILES string of the molecule is [CH2][N+](CC)(CC)CC. The van der Waals surface area contributed by atoms with Crippen LogP contribution in [0.2, 0.25) is 0 Å². The van der Waals surface area contributed by atoms with Gasteiger partial charge in [-0.3, -0.25) is 0 Å². The van der Waals surface area contributed by atoms with Gasteiger partial charge in [0.15, 0.2) is 0 Å². The minimum absolute atomic E-state index is 0.958. The fourth-order valence-electron chi connectivity index (χ4n) is 0.671. The summed E-state index contributed by atoms with van der Waals surface area (Å²) in [6.45, 7) is 9.98. The first kappa shape index (κ1) is 7.96. The van der Waals surface area contributed by atoms with E-state index in [9.17, 15) is 0 Å². The molecular weight excluding hydrogens is 98.1 g/mol. The van der Waals surface area contributed by atoms with Gasteiger partial charge in [0, 0.05) is 0 Å². The molecule has 8 heavy (non-hydrogen) atoms. The summed E-state index contributed by atoms with van der Waals surface area (Å²) >= 11 is 0. The average Bonchev–Trinajstić information content (AvgIpc) is 1.87. The summed E-state index contributed by atoms with van der Waals surface area (Å²) in [5.74, 6) is 0. The third kappa shape index (κ3) is 1.83. The Hall–Kier alpha value is -0.0400. The number of rotatable bonds is 3. The first-order valence-electron chi connectivity index (χ1n) is 3.39. The lowest BCUT2D eigenvalue weighted by Gasteiger charge is -2.29. The summed E-state index contributed by atoms with van der Waals surface area (Å²) in [7, 11) is 4.06. The van der Waals surface area contributed by atoms with Crippen molar-refractivity contribution in [2.24, 2.45) is 0 Å². The molecule has 0 spiro atoms. The van der Waals surface area contributed by atoms with E-state index in [1.54, 1.807) is 0 Å². The molecule has 1 nitrogen and oxygen atoms in total. The first-order chi connectivity index (χ1) is 3.68. The standard InChI is InChI=1S/C7H17N/c1-5-8(4,6-2)7-3/h4-7H2,1-3H3/q+1. The molecule has 0 atom stereocenters. The fourth-order valence-corrected chi connectivity index (χ4v) is 0.671. The summed E-state index contributed by atoms with van der Waals surface area (Å²) in [6, 6.07) is 0. The number of hydrogen-bond donors (Lipinski definition) is 0. The molecule has 0 heterocycles. The highest BCUT2D eigenvalue weighted by molar-refractivity contribution is 4.29. The predicted octanol–water partition coefficient (Wildman–Crippen LogP) is 1.65. The van der Waals surface area contributed by atoms with Crippen molar-refractivity contribution in [1.29, 1.82) is 0 Å². The van der Waals surface area contributed by atoms with E-state index in [2.05, 4.69) is 27.8 Å². The van der Waals surface area contributed by atoms with Crippen LogP contribution >= 0.6 is 0 Å². The monoisotopic (exact) mass is 115 g/mol. The molecule has 0 saturated heterocycles. The van der Waals surface area contributed by atoms with Crippen molar-refractivity contribution in [3.8, 4) is 0 Å². The Labute approximate surface area is 52.9 Å². The first-order valence-corrected chi connectivity index (χ1v) is 3.39. The maximum atomic E-state index is 4.06. The molecule has 0 aliphatic rings. The van der Waals surface area contributed by atoms with Gasteiger partial charge in [-0.05, 0) is 20.8 Å². The van der Waals surface area contributed by atoms with Gasteiger partial charge >= 0.3 is 0 Å². The van der Waals surface area contributed by atoms with Crippen molar-refractivity contribution in [2.45, 2.75) is 20.8 Å². The molecule has 0 aromatic rings. The normalized spacial score (nSPS) is 12.0. The van der Waals surface area contributed by atoms with Gasteiger partial charge < -0.3 is 4.48 Å². The van der Waals surface area contributed by atoms with Crippen LogP contribution in [-0.2, 0) is 0 Å². The lowest BCUT2D eigenvalue weighted by molar-refractivity contribution is -0.880. The number of nitrogens with zero attached hydrogens (tertiary/aromatic N) is 1. The molecule has 0 N–H and O–H groups in total. The summed E-state index contributed by atoms with van der Waals surface area (Å²) in [6.07, 6.45) is 0. The zero-order valence-corrected chi connectivity index (χ0v) is 6.28. The van der Waals surface area contributed by atoms with Crippen LogP contribution in [-0.4, -0.2) is 24.1 Å². The van der Waals surface area contributed by atoms with E-state index < -0.39 is 0 Å². The lowest BCUT2D eigenvalue weighted by Crippen LogP contribution is -2.40. The molecule has 0 aromatic carbocycles. The molecule has 1 radical (unpaired) electrons. The largest absolute Gasteiger partial charge is 0.320 e. The molecule has 0 saturated carbocycles. The van der Waals surface area contributed by atoms with Gasteiger partial charge in [0.05, 0.1) is 19.6 Å². The van der Waals surface area contributed by atoms with E-state index in [-0.39, 0.29) is 0 Å². The Morgan fingerprint density at radius 2 is 1.25 bits per heavy atom. The second-order valence-electron chi connectivity index (χ2n) is 2.29. The van der Waals surface area contributed by atoms with Crippen molar-refractivity contribution in [1.82, 2.24) is 0 Å². The van der Waals surface area contributed by atoms with Crippen LogP contribution < -0.4 is 0 Å². The van der Waals surface area contributed by atoms with Crippen molar-refractivity contribution in [3.63, 3.8) is 0 Å². The van der Waals surface area contributed by atoms with Crippen LogP contribution in [0.5, 0.6) is 0 Å². The van der Waals surface area contributed by atoms with Crippen molar-refractivity contribution in [3.05, 3.63) is 7.05 Å². The van der Waals surface area contributed by atoms with Gasteiger partial charge in [-0.15, -0.1) is 0 Å². The molecule has 49 valence electrons. The van der Waals surface area contributed by atoms with Crippen molar-refractivity contribution < 1.29 is 4.48 Å². The molecule has 0 aliphatic carbocycles.